The molecule has 0 aliphatic carbocycles. The Hall–Kier alpha value is -4.35. The molecule has 34 heavy (non-hydrogen) atoms. The molecule has 5 heteroatoms. The molecule has 0 fully saturated rings. The fourth-order valence-corrected chi connectivity index (χ4v) is 3.28. The lowest BCUT2D eigenvalue weighted by Crippen LogP contribution is -2.13. The fourth-order valence-electron chi connectivity index (χ4n) is 3.28. The third kappa shape index (κ3) is 5.52. The van der Waals surface area contributed by atoms with Crippen LogP contribution in [0, 0.1) is 23.7 Å². The van der Waals surface area contributed by atoms with Crippen molar-refractivity contribution in [3.8, 4) is 40.9 Å². The van der Waals surface area contributed by atoms with Gasteiger partial charge in [0.25, 0.3) is 0 Å². The Morgan fingerprint density at radius 2 is 1.12 bits per heavy atom. The van der Waals surface area contributed by atoms with Crippen LogP contribution in [0.4, 0.5) is 0 Å². The number of hydrogen-bond acceptors (Lipinski definition) is 5. The van der Waals surface area contributed by atoms with E-state index in [-0.39, 0.29) is 23.7 Å². The second kappa shape index (κ2) is 12.0. The monoisotopic (exact) mass is 454 g/mol. The minimum atomic E-state index is -0.559. The summed E-state index contributed by atoms with van der Waals surface area (Å²) in [4.78, 5) is 13.3. The van der Waals surface area contributed by atoms with Gasteiger partial charge < -0.3 is 18.9 Å². The first-order valence-corrected chi connectivity index (χ1v) is 10.8. The first-order valence-electron chi connectivity index (χ1n) is 10.8. The van der Waals surface area contributed by atoms with Crippen LogP contribution in [-0.2, 0) is 4.74 Å². The number of rotatable bonds is 6. The summed E-state index contributed by atoms with van der Waals surface area (Å²) >= 11 is 0. The molecule has 0 aliphatic rings. The van der Waals surface area contributed by atoms with Gasteiger partial charge in [0.1, 0.15) is 0 Å². The number of ether oxygens (including phenoxy) is 4. The van der Waals surface area contributed by atoms with Crippen LogP contribution in [0.15, 0.2) is 60.7 Å². The lowest BCUT2D eigenvalue weighted by molar-refractivity contribution is 0.0503. The molecule has 0 saturated heterocycles. The van der Waals surface area contributed by atoms with Crippen molar-refractivity contribution in [3.63, 3.8) is 0 Å². The molecule has 0 atom stereocenters. The quantitative estimate of drug-likeness (QED) is 0.384. The van der Waals surface area contributed by atoms with Gasteiger partial charge in [0.05, 0.1) is 44.6 Å². The van der Waals surface area contributed by atoms with Gasteiger partial charge in [-0.2, -0.15) is 0 Å². The lowest BCUT2D eigenvalue weighted by Gasteiger charge is -2.19. The van der Waals surface area contributed by atoms with Gasteiger partial charge in [-0.15, -0.1) is 0 Å². The Balaban J connectivity index is 2.36. The summed E-state index contributed by atoms with van der Waals surface area (Å²) in [6, 6.07) is 18.9. The van der Waals surface area contributed by atoms with E-state index in [4.69, 9.17) is 18.9 Å². The predicted molar refractivity (Wildman–Crippen MR) is 132 cm³/mol. The molecular weight excluding hydrogens is 428 g/mol. The zero-order valence-electron chi connectivity index (χ0n) is 19.7. The van der Waals surface area contributed by atoms with E-state index in [1.54, 1.807) is 0 Å². The number of hydrogen-bond donors (Lipinski definition) is 0. The molecule has 0 aromatic heterocycles. The lowest BCUT2D eigenvalue weighted by atomic mass is 9.97. The number of methoxy groups -OCH3 is 3. The highest BCUT2D eigenvalue weighted by atomic mass is 16.5. The number of benzene rings is 3. The van der Waals surface area contributed by atoms with Gasteiger partial charge in [-0.1, -0.05) is 67.0 Å². The maximum Gasteiger partial charge on any atom is 0.340 e. The van der Waals surface area contributed by atoms with E-state index >= 15 is 0 Å². The fraction of sp³-hybridized carbons (Fsp3) is 0.207. The maximum absolute atomic E-state index is 13.3. The van der Waals surface area contributed by atoms with E-state index in [9.17, 15) is 4.79 Å². The second-order valence-electron chi connectivity index (χ2n) is 7.09. The molecule has 0 N–H and O–H groups in total. The first kappa shape index (κ1) is 24.3. The average molecular weight is 455 g/mol. The Kier molecular flexibility index (Phi) is 8.60. The Bertz CT molecular complexity index is 1170. The molecule has 0 bridgehead atoms. The van der Waals surface area contributed by atoms with Crippen LogP contribution in [0.2, 0.25) is 0 Å². The van der Waals surface area contributed by atoms with E-state index in [2.05, 4.69) is 23.7 Å². The van der Waals surface area contributed by atoms with Crippen LogP contribution < -0.4 is 14.2 Å². The highest BCUT2D eigenvalue weighted by Gasteiger charge is 2.29. The van der Waals surface area contributed by atoms with Crippen LogP contribution in [0.1, 0.15) is 46.0 Å². The largest absolute Gasteiger partial charge is 0.491 e. The van der Waals surface area contributed by atoms with Crippen LogP contribution in [0.3, 0.4) is 0 Å². The van der Waals surface area contributed by atoms with Crippen molar-refractivity contribution in [1.82, 2.24) is 0 Å². The molecule has 0 amide bonds. The minimum absolute atomic E-state index is 0.176. The summed E-state index contributed by atoms with van der Waals surface area (Å²) in [6.07, 6.45) is 0.673. The molecular formula is C29H26O5. The topological polar surface area (TPSA) is 54.0 Å². The van der Waals surface area contributed by atoms with E-state index in [1.807, 2.05) is 67.6 Å². The molecule has 3 aromatic carbocycles. The number of carbonyl (C=O) groups excluding carboxylic acids is 1. The van der Waals surface area contributed by atoms with E-state index in [0.717, 1.165) is 11.1 Å². The molecule has 0 unspecified atom stereocenters. The van der Waals surface area contributed by atoms with Crippen molar-refractivity contribution in [2.45, 2.75) is 13.3 Å². The maximum atomic E-state index is 13.3. The number of esters is 1. The first-order chi connectivity index (χ1) is 16.6. The van der Waals surface area contributed by atoms with Gasteiger partial charge in [-0.25, -0.2) is 4.79 Å². The van der Waals surface area contributed by atoms with Crippen molar-refractivity contribution in [1.29, 1.82) is 0 Å². The minimum Gasteiger partial charge on any atom is -0.491 e. The normalized spacial score (nSPS) is 9.65. The van der Waals surface area contributed by atoms with Crippen molar-refractivity contribution in [2.24, 2.45) is 0 Å². The average Bonchev–Trinajstić information content (AvgIpc) is 2.89. The smallest absolute Gasteiger partial charge is 0.340 e. The summed E-state index contributed by atoms with van der Waals surface area (Å²) in [7, 11) is 4.47. The van der Waals surface area contributed by atoms with Gasteiger partial charge in [0, 0.05) is 11.1 Å². The van der Waals surface area contributed by atoms with Gasteiger partial charge in [0.2, 0.25) is 5.75 Å². The van der Waals surface area contributed by atoms with Gasteiger partial charge >= 0.3 is 5.97 Å². The third-order valence-corrected chi connectivity index (χ3v) is 4.83. The molecule has 3 aromatic rings. The SMILES string of the molecule is CCCOC(=O)c1c(C#Cc2ccccc2)c(OC)c(OC)c(OC)c1C#Cc1ccccc1. The zero-order chi connectivity index (χ0) is 24.3. The highest BCUT2D eigenvalue weighted by Crippen LogP contribution is 2.45. The van der Waals surface area contributed by atoms with Crippen LogP contribution in [-0.4, -0.2) is 33.9 Å². The van der Waals surface area contributed by atoms with E-state index < -0.39 is 5.97 Å². The Labute approximate surface area is 200 Å². The van der Waals surface area contributed by atoms with Gasteiger partial charge in [-0.3, -0.25) is 0 Å². The zero-order valence-corrected chi connectivity index (χ0v) is 19.7. The second-order valence-corrected chi connectivity index (χ2v) is 7.09. The predicted octanol–water partition coefficient (Wildman–Crippen LogP) is 5.08. The molecule has 3 rings (SSSR count). The summed E-state index contributed by atoms with van der Waals surface area (Å²) in [5.41, 5.74) is 2.38. The Morgan fingerprint density at radius 3 is 1.50 bits per heavy atom. The van der Waals surface area contributed by atoms with Gasteiger partial charge in [0.15, 0.2) is 11.5 Å². The molecule has 0 aliphatic heterocycles. The summed E-state index contributed by atoms with van der Waals surface area (Å²) < 4.78 is 22.4. The summed E-state index contributed by atoms with van der Waals surface area (Å²) in [5, 5.41) is 0. The van der Waals surface area contributed by atoms with Crippen LogP contribution in [0.25, 0.3) is 0 Å². The van der Waals surface area contributed by atoms with E-state index in [1.165, 1.54) is 21.3 Å². The molecule has 5 nitrogen and oxygen atoms in total. The summed E-state index contributed by atoms with van der Waals surface area (Å²) in [6.45, 7) is 2.18. The molecule has 0 radical (unpaired) electrons. The molecule has 0 spiro atoms. The molecule has 0 saturated carbocycles. The van der Waals surface area contributed by atoms with Crippen molar-refractivity contribution < 1.29 is 23.7 Å². The molecule has 0 heterocycles. The van der Waals surface area contributed by atoms with Crippen LogP contribution in [0.5, 0.6) is 17.2 Å². The summed E-state index contributed by atoms with van der Waals surface area (Å²) in [5.74, 6) is 12.7. The van der Waals surface area contributed by atoms with Crippen molar-refractivity contribution in [3.05, 3.63) is 88.5 Å². The van der Waals surface area contributed by atoms with E-state index in [0.29, 0.717) is 23.3 Å². The van der Waals surface area contributed by atoms with Crippen LogP contribution >= 0.6 is 0 Å². The van der Waals surface area contributed by atoms with Crippen molar-refractivity contribution in [2.75, 3.05) is 27.9 Å². The molecule has 172 valence electrons. The highest BCUT2D eigenvalue weighted by molar-refractivity contribution is 5.99. The standard InChI is InChI=1S/C29H26O5/c1-5-20-34-29(30)25-23(18-16-21-12-8-6-9-13-21)26(31-2)28(33-4)27(32-3)24(25)19-17-22-14-10-7-11-15-22/h6-15H,5,20H2,1-4H3. The Morgan fingerprint density at radius 1 is 0.676 bits per heavy atom. The third-order valence-electron chi connectivity index (χ3n) is 4.83. The van der Waals surface area contributed by atoms with Gasteiger partial charge in [-0.05, 0) is 30.7 Å². The van der Waals surface area contributed by atoms with Crippen molar-refractivity contribution >= 4 is 5.97 Å². The number of carbonyl (C=O) groups is 1.